The quantitative estimate of drug-likeness (QED) is 0.693. The summed E-state index contributed by atoms with van der Waals surface area (Å²) in [6.07, 6.45) is 2.43. The predicted molar refractivity (Wildman–Crippen MR) is 59.1 cm³/mol. The Labute approximate surface area is 90.9 Å². The first-order valence-corrected chi connectivity index (χ1v) is 5.92. The number of thiophene rings is 1. The van der Waals surface area contributed by atoms with Crippen LogP contribution in [-0.2, 0) is 0 Å². The van der Waals surface area contributed by atoms with Crippen molar-refractivity contribution in [3.8, 4) is 0 Å². The molecule has 1 aliphatic rings. The lowest BCUT2D eigenvalue weighted by Gasteiger charge is -1.99. The van der Waals surface area contributed by atoms with Crippen LogP contribution in [-0.4, -0.2) is 9.97 Å². The van der Waals surface area contributed by atoms with Gasteiger partial charge in [0.25, 0.3) is 0 Å². The molecule has 14 heavy (non-hydrogen) atoms. The van der Waals surface area contributed by atoms with E-state index in [1.807, 2.05) is 0 Å². The topological polar surface area (TPSA) is 25.8 Å². The fourth-order valence-corrected chi connectivity index (χ4v) is 2.72. The first-order chi connectivity index (χ1) is 6.75. The molecule has 1 aliphatic carbocycles. The number of aromatic nitrogens is 2. The number of nitrogens with zero attached hydrogens (tertiary/aromatic N) is 2. The summed E-state index contributed by atoms with van der Waals surface area (Å²) in [6.45, 7) is 2.07. The fraction of sp³-hybridized carbons (Fsp3) is 0.400. The van der Waals surface area contributed by atoms with Crippen molar-refractivity contribution in [1.82, 2.24) is 9.97 Å². The molecule has 3 rings (SSSR count). The third-order valence-electron chi connectivity index (χ3n) is 2.51. The standard InChI is InChI=1S/C10H9ClN2S/c1-5-4-14-8-7(5)12-10(6-2-3-6)13-9(8)11/h4,6H,2-3H2,1H3. The highest BCUT2D eigenvalue weighted by Crippen LogP contribution is 2.40. The van der Waals surface area contributed by atoms with E-state index in [2.05, 4.69) is 22.3 Å². The van der Waals surface area contributed by atoms with E-state index in [0.717, 1.165) is 16.0 Å². The number of hydrogen-bond acceptors (Lipinski definition) is 3. The highest BCUT2D eigenvalue weighted by atomic mass is 35.5. The van der Waals surface area contributed by atoms with Crippen LogP contribution in [0.5, 0.6) is 0 Å². The molecule has 0 spiro atoms. The first-order valence-electron chi connectivity index (χ1n) is 4.67. The third-order valence-corrected chi connectivity index (χ3v) is 3.99. The molecule has 0 unspecified atom stereocenters. The van der Waals surface area contributed by atoms with Crippen LogP contribution in [0.25, 0.3) is 10.2 Å². The van der Waals surface area contributed by atoms with E-state index in [1.54, 1.807) is 11.3 Å². The van der Waals surface area contributed by atoms with Crippen molar-refractivity contribution in [1.29, 1.82) is 0 Å². The highest BCUT2D eigenvalue weighted by molar-refractivity contribution is 7.18. The highest BCUT2D eigenvalue weighted by Gasteiger charge is 2.27. The summed E-state index contributed by atoms with van der Waals surface area (Å²) in [4.78, 5) is 8.91. The molecule has 0 radical (unpaired) electrons. The minimum Gasteiger partial charge on any atom is -0.231 e. The zero-order valence-electron chi connectivity index (χ0n) is 7.75. The third kappa shape index (κ3) is 1.23. The molecule has 0 N–H and O–H groups in total. The summed E-state index contributed by atoms with van der Waals surface area (Å²) in [5, 5.41) is 2.71. The summed E-state index contributed by atoms with van der Waals surface area (Å²) in [6, 6.07) is 0. The van der Waals surface area contributed by atoms with Gasteiger partial charge >= 0.3 is 0 Å². The van der Waals surface area contributed by atoms with Crippen LogP contribution in [0.1, 0.15) is 30.1 Å². The van der Waals surface area contributed by atoms with Crippen LogP contribution in [0.15, 0.2) is 5.38 Å². The second-order valence-corrected chi connectivity index (χ2v) is 4.98. The number of aryl methyl sites for hydroxylation is 1. The molecule has 2 aromatic heterocycles. The Kier molecular flexibility index (Phi) is 1.79. The lowest BCUT2D eigenvalue weighted by molar-refractivity contribution is 0.948. The van der Waals surface area contributed by atoms with Gasteiger partial charge in [-0.2, -0.15) is 0 Å². The van der Waals surface area contributed by atoms with Crippen molar-refractivity contribution in [2.45, 2.75) is 25.7 Å². The van der Waals surface area contributed by atoms with Crippen molar-refractivity contribution >= 4 is 33.2 Å². The van der Waals surface area contributed by atoms with Gasteiger partial charge in [0, 0.05) is 5.92 Å². The van der Waals surface area contributed by atoms with Crippen LogP contribution in [0.3, 0.4) is 0 Å². The number of fused-ring (bicyclic) bond motifs is 1. The van der Waals surface area contributed by atoms with Gasteiger partial charge in [-0.1, -0.05) is 11.6 Å². The molecule has 1 fully saturated rings. The van der Waals surface area contributed by atoms with Gasteiger partial charge in [-0.25, -0.2) is 9.97 Å². The van der Waals surface area contributed by atoms with Crippen LogP contribution >= 0.6 is 22.9 Å². The zero-order chi connectivity index (χ0) is 9.71. The molecule has 0 aromatic carbocycles. The normalized spacial score (nSPS) is 16.4. The van der Waals surface area contributed by atoms with Gasteiger partial charge in [-0.15, -0.1) is 11.3 Å². The van der Waals surface area contributed by atoms with Crippen LogP contribution in [0.2, 0.25) is 5.15 Å². The Morgan fingerprint density at radius 1 is 1.43 bits per heavy atom. The number of halogens is 1. The average Bonchev–Trinajstić information content (AvgIpc) is 2.93. The van der Waals surface area contributed by atoms with Gasteiger partial charge in [0.15, 0.2) is 5.15 Å². The molecule has 0 bridgehead atoms. The van der Waals surface area contributed by atoms with Crippen LogP contribution in [0, 0.1) is 6.92 Å². The van der Waals surface area contributed by atoms with Crippen molar-refractivity contribution in [3.63, 3.8) is 0 Å². The van der Waals surface area contributed by atoms with E-state index in [0.29, 0.717) is 11.1 Å². The Morgan fingerprint density at radius 3 is 2.93 bits per heavy atom. The minimum atomic E-state index is 0.566. The second-order valence-electron chi connectivity index (χ2n) is 3.74. The van der Waals surface area contributed by atoms with Gasteiger partial charge in [0.05, 0.1) is 10.2 Å². The Balaban J connectivity index is 2.30. The van der Waals surface area contributed by atoms with E-state index < -0.39 is 0 Å². The maximum Gasteiger partial charge on any atom is 0.150 e. The minimum absolute atomic E-state index is 0.566. The molecule has 0 amide bonds. The SMILES string of the molecule is Cc1csc2c(Cl)nc(C3CC3)nc12. The molecule has 0 atom stereocenters. The lowest BCUT2D eigenvalue weighted by Crippen LogP contribution is -1.92. The van der Waals surface area contributed by atoms with E-state index in [1.165, 1.54) is 18.4 Å². The molecule has 0 aliphatic heterocycles. The van der Waals surface area contributed by atoms with Gasteiger partial charge < -0.3 is 0 Å². The van der Waals surface area contributed by atoms with E-state index in [9.17, 15) is 0 Å². The molecule has 0 saturated heterocycles. The molecule has 4 heteroatoms. The summed E-state index contributed by atoms with van der Waals surface area (Å²) in [5.41, 5.74) is 2.24. The van der Waals surface area contributed by atoms with Gasteiger partial charge in [-0.3, -0.25) is 0 Å². The van der Waals surface area contributed by atoms with Crippen molar-refractivity contribution in [3.05, 3.63) is 21.9 Å². The Hall–Kier alpha value is -0.670. The average molecular weight is 225 g/mol. The largest absolute Gasteiger partial charge is 0.231 e. The summed E-state index contributed by atoms with van der Waals surface area (Å²) >= 11 is 7.73. The van der Waals surface area contributed by atoms with Gasteiger partial charge in [0.1, 0.15) is 5.82 Å². The molecular formula is C10H9ClN2S. The smallest absolute Gasteiger partial charge is 0.150 e. The molecule has 2 nitrogen and oxygen atoms in total. The molecule has 2 heterocycles. The number of rotatable bonds is 1. The van der Waals surface area contributed by atoms with E-state index >= 15 is 0 Å². The summed E-state index contributed by atoms with van der Waals surface area (Å²) < 4.78 is 1.02. The Morgan fingerprint density at radius 2 is 2.21 bits per heavy atom. The maximum absolute atomic E-state index is 6.11. The lowest BCUT2D eigenvalue weighted by atomic mass is 10.3. The van der Waals surface area contributed by atoms with E-state index in [4.69, 9.17) is 11.6 Å². The first kappa shape index (κ1) is 8.62. The number of hydrogen-bond donors (Lipinski definition) is 0. The fourth-order valence-electron chi connectivity index (χ4n) is 1.54. The maximum atomic E-state index is 6.11. The van der Waals surface area contributed by atoms with Crippen LogP contribution < -0.4 is 0 Å². The predicted octanol–water partition coefficient (Wildman–Crippen LogP) is 3.53. The van der Waals surface area contributed by atoms with E-state index in [-0.39, 0.29) is 0 Å². The molecule has 72 valence electrons. The molecule has 2 aromatic rings. The molecule has 1 saturated carbocycles. The Bertz CT molecular complexity index is 502. The summed E-state index contributed by atoms with van der Waals surface area (Å²) in [7, 11) is 0. The second kappa shape index (κ2) is 2.91. The monoisotopic (exact) mass is 224 g/mol. The van der Waals surface area contributed by atoms with Gasteiger partial charge in [0.2, 0.25) is 0 Å². The van der Waals surface area contributed by atoms with Crippen molar-refractivity contribution in [2.24, 2.45) is 0 Å². The van der Waals surface area contributed by atoms with Crippen molar-refractivity contribution in [2.75, 3.05) is 0 Å². The van der Waals surface area contributed by atoms with Gasteiger partial charge in [-0.05, 0) is 30.7 Å². The van der Waals surface area contributed by atoms with Crippen molar-refractivity contribution < 1.29 is 0 Å². The molecular weight excluding hydrogens is 216 g/mol. The zero-order valence-corrected chi connectivity index (χ0v) is 9.32. The summed E-state index contributed by atoms with van der Waals surface area (Å²) in [5.74, 6) is 1.50. The van der Waals surface area contributed by atoms with Crippen LogP contribution in [0.4, 0.5) is 0 Å².